The molecule has 3 rings (SSSR count). The maximum Gasteiger partial charge on any atom is 0.278 e. The van der Waals surface area contributed by atoms with E-state index in [1.54, 1.807) is 17.8 Å². The van der Waals surface area contributed by atoms with Crippen molar-refractivity contribution in [1.29, 1.82) is 0 Å². The fourth-order valence-corrected chi connectivity index (χ4v) is 2.50. The maximum absolute atomic E-state index is 12.6. The summed E-state index contributed by atoms with van der Waals surface area (Å²) in [6, 6.07) is 5.88. The molecule has 0 aliphatic carbocycles. The number of carbonyl (C=O) groups excluding carboxylic acids is 1. The third kappa shape index (κ3) is 3.46. The molecule has 7 nitrogen and oxygen atoms in total. The fraction of sp³-hybridized carbons (Fsp3) is 0.316. The van der Waals surface area contributed by atoms with Crippen LogP contribution in [0.2, 0.25) is 0 Å². The Balaban J connectivity index is 1.76. The molecule has 136 valence electrons. The molecule has 0 saturated heterocycles. The number of anilines is 1. The van der Waals surface area contributed by atoms with Gasteiger partial charge < -0.3 is 14.6 Å². The van der Waals surface area contributed by atoms with Gasteiger partial charge in [-0.25, -0.2) is 0 Å². The minimum absolute atomic E-state index is 0.201. The van der Waals surface area contributed by atoms with E-state index in [1.165, 1.54) is 5.56 Å². The Morgan fingerprint density at radius 2 is 2.00 bits per heavy atom. The van der Waals surface area contributed by atoms with Crippen molar-refractivity contribution in [2.75, 3.05) is 5.32 Å². The number of ether oxygens (including phenoxy) is 1. The smallest absolute Gasteiger partial charge is 0.278 e. The topological polar surface area (TPSA) is 82.2 Å². The first-order chi connectivity index (χ1) is 12.4. The summed E-state index contributed by atoms with van der Waals surface area (Å²) in [5, 5.41) is 10.8. The van der Waals surface area contributed by atoms with Crippen LogP contribution in [0.15, 0.2) is 28.9 Å². The Morgan fingerprint density at radius 1 is 1.23 bits per heavy atom. The van der Waals surface area contributed by atoms with Gasteiger partial charge in [-0.15, -0.1) is 0 Å². The molecule has 3 aromatic rings. The number of hydrogen-bond donors (Lipinski definition) is 1. The van der Waals surface area contributed by atoms with E-state index < -0.39 is 0 Å². The maximum atomic E-state index is 12.6. The molecule has 0 unspecified atom stereocenters. The van der Waals surface area contributed by atoms with E-state index in [4.69, 9.17) is 9.26 Å². The van der Waals surface area contributed by atoms with E-state index in [-0.39, 0.29) is 18.2 Å². The van der Waals surface area contributed by atoms with Crippen molar-refractivity contribution >= 4 is 11.6 Å². The number of aryl methyl sites for hydroxylation is 4. The van der Waals surface area contributed by atoms with Crippen LogP contribution in [-0.2, 0) is 13.7 Å². The van der Waals surface area contributed by atoms with E-state index in [1.807, 2.05) is 46.0 Å². The van der Waals surface area contributed by atoms with E-state index in [0.717, 1.165) is 17.0 Å². The van der Waals surface area contributed by atoms with Gasteiger partial charge in [0, 0.05) is 7.05 Å². The second kappa shape index (κ2) is 7.03. The molecule has 1 amide bonds. The third-order valence-corrected chi connectivity index (χ3v) is 4.54. The molecule has 0 aliphatic heterocycles. The highest BCUT2D eigenvalue weighted by Crippen LogP contribution is 2.21. The zero-order valence-electron chi connectivity index (χ0n) is 15.6. The average Bonchev–Trinajstić information content (AvgIpc) is 3.13. The summed E-state index contributed by atoms with van der Waals surface area (Å²) in [6.45, 7) is 7.92. The normalized spacial score (nSPS) is 10.8. The van der Waals surface area contributed by atoms with E-state index in [9.17, 15) is 4.79 Å². The molecular weight excluding hydrogens is 332 g/mol. The van der Waals surface area contributed by atoms with Crippen molar-refractivity contribution in [3.63, 3.8) is 0 Å². The molecule has 0 bridgehead atoms. The molecule has 0 atom stereocenters. The summed E-state index contributed by atoms with van der Waals surface area (Å²) in [5.74, 6) is 0.946. The zero-order valence-corrected chi connectivity index (χ0v) is 15.6. The van der Waals surface area contributed by atoms with Crippen LogP contribution in [0.1, 0.15) is 38.6 Å². The highest BCUT2D eigenvalue weighted by atomic mass is 16.5. The van der Waals surface area contributed by atoms with E-state index in [0.29, 0.717) is 17.0 Å². The zero-order chi connectivity index (χ0) is 18.8. The van der Waals surface area contributed by atoms with Crippen molar-refractivity contribution in [3.8, 4) is 5.75 Å². The molecule has 0 spiro atoms. The summed E-state index contributed by atoms with van der Waals surface area (Å²) in [7, 11) is 1.81. The van der Waals surface area contributed by atoms with Gasteiger partial charge in [-0.3, -0.25) is 9.48 Å². The van der Waals surface area contributed by atoms with Crippen molar-refractivity contribution in [2.45, 2.75) is 34.3 Å². The Labute approximate surface area is 151 Å². The quantitative estimate of drug-likeness (QED) is 0.758. The van der Waals surface area contributed by atoms with E-state index in [2.05, 4.69) is 15.6 Å². The number of amides is 1. The first kappa shape index (κ1) is 17.7. The minimum atomic E-state index is -0.350. The lowest BCUT2D eigenvalue weighted by Crippen LogP contribution is -2.16. The van der Waals surface area contributed by atoms with Crippen LogP contribution in [0.25, 0.3) is 0 Å². The lowest BCUT2D eigenvalue weighted by atomic mass is 10.1. The number of rotatable bonds is 5. The first-order valence-corrected chi connectivity index (χ1v) is 8.32. The van der Waals surface area contributed by atoms with Crippen molar-refractivity contribution < 1.29 is 14.1 Å². The summed E-state index contributed by atoms with van der Waals surface area (Å²) < 4.78 is 12.7. The van der Waals surface area contributed by atoms with Crippen LogP contribution in [0.4, 0.5) is 5.69 Å². The molecule has 7 heteroatoms. The lowest BCUT2D eigenvalue weighted by molar-refractivity contribution is 0.101. The molecule has 0 saturated carbocycles. The molecule has 0 radical (unpaired) electrons. The number of nitrogens with one attached hydrogen (secondary N) is 1. The van der Waals surface area contributed by atoms with Gasteiger partial charge in [0.1, 0.15) is 18.1 Å². The second-order valence-electron chi connectivity index (χ2n) is 6.32. The Hall–Kier alpha value is -3.09. The van der Waals surface area contributed by atoms with Gasteiger partial charge in [-0.05, 0) is 51.0 Å². The van der Waals surface area contributed by atoms with Crippen molar-refractivity contribution in [2.24, 2.45) is 7.05 Å². The standard InChI is InChI=1S/C19H22N4O3/c1-11-6-7-15(8-12(11)2)25-10-16-14(4)26-22-18(16)19(24)21-17-9-20-23(5)13(17)3/h6-9H,10H2,1-5H3,(H,21,24). The third-order valence-electron chi connectivity index (χ3n) is 4.54. The van der Waals surface area contributed by atoms with Gasteiger partial charge >= 0.3 is 0 Å². The van der Waals surface area contributed by atoms with Gasteiger partial charge in [0.05, 0.1) is 23.1 Å². The number of aromatic nitrogens is 3. The molecule has 1 aromatic carbocycles. The molecule has 1 N–H and O–H groups in total. The van der Waals surface area contributed by atoms with Gasteiger partial charge in [0.15, 0.2) is 5.69 Å². The monoisotopic (exact) mass is 354 g/mol. The summed E-state index contributed by atoms with van der Waals surface area (Å²) in [6.07, 6.45) is 1.60. The second-order valence-corrected chi connectivity index (χ2v) is 6.32. The minimum Gasteiger partial charge on any atom is -0.489 e. The lowest BCUT2D eigenvalue weighted by Gasteiger charge is -2.09. The molecule has 2 heterocycles. The number of nitrogens with zero attached hydrogens (tertiary/aromatic N) is 3. The molecular formula is C19H22N4O3. The number of hydrogen-bond acceptors (Lipinski definition) is 5. The van der Waals surface area contributed by atoms with Crippen LogP contribution < -0.4 is 10.1 Å². The van der Waals surface area contributed by atoms with Gasteiger partial charge in [-0.1, -0.05) is 11.2 Å². The van der Waals surface area contributed by atoms with Crippen LogP contribution >= 0.6 is 0 Å². The molecule has 2 aromatic heterocycles. The van der Waals surface area contributed by atoms with Crippen molar-refractivity contribution in [1.82, 2.24) is 14.9 Å². The van der Waals surface area contributed by atoms with Gasteiger partial charge in [-0.2, -0.15) is 5.10 Å². The number of benzene rings is 1. The van der Waals surface area contributed by atoms with Gasteiger partial charge in [0.25, 0.3) is 5.91 Å². The Kier molecular flexibility index (Phi) is 4.79. The first-order valence-electron chi connectivity index (χ1n) is 8.32. The highest BCUT2D eigenvalue weighted by Gasteiger charge is 2.21. The van der Waals surface area contributed by atoms with Crippen LogP contribution in [0, 0.1) is 27.7 Å². The molecule has 0 fully saturated rings. The summed E-state index contributed by atoms with van der Waals surface area (Å²) >= 11 is 0. The highest BCUT2D eigenvalue weighted by molar-refractivity contribution is 6.04. The molecule has 0 aliphatic rings. The van der Waals surface area contributed by atoms with Gasteiger partial charge in [0.2, 0.25) is 0 Å². The van der Waals surface area contributed by atoms with Crippen LogP contribution in [0.5, 0.6) is 5.75 Å². The Bertz CT molecular complexity index is 956. The largest absolute Gasteiger partial charge is 0.489 e. The average molecular weight is 354 g/mol. The van der Waals surface area contributed by atoms with E-state index >= 15 is 0 Å². The fourth-order valence-electron chi connectivity index (χ4n) is 2.50. The predicted octanol–water partition coefficient (Wildman–Crippen LogP) is 3.47. The van der Waals surface area contributed by atoms with Crippen LogP contribution in [-0.4, -0.2) is 20.8 Å². The summed E-state index contributed by atoms with van der Waals surface area (Å²) in [5.41, 5.74) is 4.68. The van der Waals surface area contributed by atoms with Crippen molar-refractivity contribution in [3.05, 3.63) is 58.2 Å². The predicted molar refractivity (Wildman–Crippen MR) is 97.4 cm³/mol. The Morgan fingerprint density at radius 3 is 2.65 bits per heavy atom. The SMILES string of the molecule is Cc1ccc(OCc2c(C(=O)Nc3cnn(C)c3C)noc2C)cc1C. The van der Waals surface area contributed by atoms with Crippen LogP contribution in [0.3, 0.4) is 0 Å². The number of carbonyl (C=O) groups is 1. The molecule has 26 heavy (non-hydrogen) atoms. The summed E-state index contributed by atoms with van der Waals surface area (Å²) in [4.78, 5) is 12.6.